The van der Waals surface area contributed by atoms with Crippen molar-refractivity contribution in [2.75, 3.05) is 10.6 Å². The van der Waals surface area contributed by atoms with Crippen LogP contribution in [0.2, 0.25) is 0 Å². The van der Waals surface area contributed by atoms with Crippen molar-refractivity contribution in [2.24, 2.45) is 0 Å². The van der Waals surface area contributed by atoms with Crippen LogP contribution in [0.5, 0.6) is 0 Å². The van der Waals surface area contributed by atoms with E-state index in [1.807, 2.05) is 0 Å². The molecule has 2 aromatic carbocycles. The fraction of sp³-hybridized carbons (Fsp3) is 0. The van der Waals surface area contributed by atoms with E-state index in [0.29, 0.717) is 5.69 Å². The van der Waals surface area contributed by atoms with E-state index in [1.165, 1.54) is 24.5 Å². The number of anilines is 4. The number of hydrogen-bond donors (Lipinski definition) is 3. The van der Waals surface area contributed by atoms with Crippen LogP contribution >= 0.6 is 0 Å². The summed E-state index contributed by atoms with van der Waals surface area (Å²) in [6.45, 7) is 0. The van der Waals surface area contributed by atoms with E-state index in [2.05, 4.69) is 20.6 Å². The summed E-state index contributed by atoms with van der Waals surface area (Å²) in [7, 11) is 0. The minimum atomic E-state index is -1.09. The Hall–Kier alpha value is -3.55. The molecule has 0 atom stereocenters. The highest BCUT2D eigenvalue weighted by molar-refractivity contribution is 5.95. The molecule has 0 fully saturated rings. The van der Waals surface area contributed by atoms with Crippen LogP contribution in [0.15, 0.2) is 54.9 Å². The van der Waals surface area contributed by atoms with Gasteiger partial charge in [-0.2, -0.15) is 0 Å². The molecule has 25 heavy (non-hydrogen) atoms. The molecule has 8 heteroatoms. The summed E-state index contributed by atoms with van der Waals surface area (Å²) in [5, 5.41) is 14.6. The molecule has 0 radical (unpaired) electrons. The first-order valence-corrected chi connectivity index (χ1v) is 7.17. The van der Waals surface area contributed by atoms with Gasteiger partial charge in [-0.15, -0.1) is 0 Å². The van der Waals surface area contributed by atoms with Crippen LogP contribution in [-0.4, -0.2) is 21.0 Å². The lowest BCUT2D eigenvalue weighted by atomic mass is 10.2. The van der Waals surface area contributed by atoms with Gasteiger partial charge in [0, 0.05) is 6.07 Å². The highest BCUT2D eigenvalue weighted by Crippen LogP contribution is 2.24. The second-order valence-corrected chi connectivity index (χ2v) is 4.99. The normalized spacial score (nSPS) is 10.3. The molecule has 126 valence electrons. The summed E-state index contributed by atoms with van der Waals surface area (Å²) in [6, 6.07) is 11.2. The molecule has 0 saturated carbocycles. The first-order chi connectivity index (χ1) is 12.0. The molecule has 0 aliphatic heterocycles. The SMILES string of the molecule is O=C(O)c1ccccc1Nc1cc(Nc2c(F)cccc2F)ncn1. The number of rotatable bonds is 5. The molecule has 3 N–H and O–H groups in total. The predicted molar refractivity (Wildman–Crippen MR) is 88.4 cm³/mol. The molecule has 0 spiro atoms. The Kier molecular flexibility index (Phi) is 4.51. The van der Waals surface area contributed by atoms with Crippen molar-refractivity contribution in [3.63, 3.8) is 0 Å². The van der Waals surface area contributed by atoms with Gasteiger partial charge in [-0.3, -0.25) is 0 Å². The summed E-state index contributed by atoms with van der Waals surface area (Å²) < 4.78 is 27.4. The third-order valence-corrected chi connectivity index (χ3v) is 3.30. The Bertz CT molecular complexity index is 914. The molecule has 0 aliphatic rings. The number of carboxylic acids is 1. The molecule has 0 aliphatic carbocycles. The van der Waals surface area contributed by atoms with Gasteiger partial charge in [0.2, 0.25) is 0 Å². The number of carboxylic acid groups (broad SMARTS) is 1. The van der Waals surface area contributed by atoms with E-state index in [9.17, 15) is 18.7 Å². The molecular formula is C17H12F2N4O2. The average molecular weight is 342 g/mol. The summed E-state index contributed by atoms with van der Waals surface area (Å²) >= 11 is 0. The largest absolute Gasteiger partial charge is 0.478 e. The number of benzene rings is 2. The Labute approximate surface area is 141 Å². The van der Waals surface area contributed by atoms with Crippen LogP contribution in [0.25, 0.3) is 0 Å². The Morgan fingerprint density at radius 2 is 1.56 bits per heavy atom. The van der Waals surface area contributed by atoms with Gasteiger partial charge in [-0.1, -0.05) is 18.2 Å². The van der Waals surface area contributed by atoms with Gasteiger partial charge in [0.25, 0.3) is 0 Å². The van der Waals surface area contributed by atoms with E-state index >= 15 is 0 Å². The van der Waals surface area contributed by atoms with Crippen molar-refractivity contribution in [3.05, 3.63) is 72.1 Å². The lowest BCUT2D eigenvalue weighted by molar-refractivity contribution is 0.0698. The van der Waals surface area contributed by atoms with Crippen molar-refractivity contribution < 1.29 is 18.7 Å². The zero-order chi connectivity index (χ0) is 17.8. The number of nitrogens with one attached hydrogen (secondary N) is 2. The van der Waals surface area contributed by atoms with Gasteiger partial charge in [0.1, 0.15) is 35.3 Å². The van der Waals surface area contributed by atoms with Crippen LogP contribution in [0.1, 0.15) is 10.4 Å². The second kappa shape index (κ2) is 6.91. The van der Waals surface area contributed by atoms with Crippen molar-refractivity contribution in [1.29, 1.82) is 0 Å². The van der Waals surface area contributed by atoms with Gasteiger partial charge in [-0.25, -0.2) is 23.5 Å². The van der Waals surface area contributed by atoms with E-state index in [0.717, 1.165) is 12.1 Å². The molecule has 3 aromatic rings. The third-order valence-electron chi connectivity index (χ3n) is 3.30. The predicted octanol–water partition coefficient (Wildman–Crippen LogP) is 3.94. The first kappa shape index (κ1) is 16.3. The first-order valence-electron chi connectivity index (χ1n) is 7.17. The Balaban J connectivity index is 1.87. The number of aromatic nitrogens is 2. The van der Waals surface area contributed by atoms with Crippen LogP contribution < -0.4 is 10.6 Å². The maximum Gasteiger partial charge on any atom is 0.337 e. The monoisotopic (exact) mass is 342 g/mol. The fourth-order valence-electron chi connectivity index (χ4n) is 2.16. The van der Waals surface area contributed by atoms with Gasteiger partial charge in [0.15, 0.2) is 0 Å². The van der Waals surface area contributed by atoms with Gasteiger partial charge < -0.3 is 15.7 Å². The number of para-hydroxylation sites is 2. The zero-order valence-electron chi connectivity index (χ0n) is 12.7. The lowest BCUT2D eigenvalue weighted by Gasteiger charge is -2.11. The Morgan fingerprint density at radius 3 is 2.24 bits per heavy atom. The molecular weight excluding hydrogens is 330 g/mol. The molecule has 1 heterocycles. The molecule has 0 bridgehead atoms. The molecule has 3 rings (SSSR count). The summed E-state index contributed by atoms with van der Waals surface area (Å²) in [5.41, 5.74) is 0.0607. The van der Waals surface area contributed by atoms with Crippen molar-refractivity contribution in [3.8, 4) is 0 Å². The zero-order valence-corrected chi connectivity index (χ0v) is 12.7. The number of aromatic carboxylic acids is 1. The summed E-state index contributed by atoms with van der Waals surface area (Å²) in [6.07, 6.45) is 1.19. The third kappa shape index (κ3) is 3.69. The topological polar surface area (TPSA) is 87.1 Å². The summed E-state index contributed by atoms with van der Waals surface area (Å²) in [5.74, 6) is -2.20. The molecule has 0 unspecified atom stereocenters. The molecule has 0 amide bonds. The van der Waals surface area contributed by atoms with Crippen LogP contribution in [0.4, 0.5) is 31.8 Å². The average Bonchev–Trinajstić information content (AvgIpc) is 2.59. The number of hydrogen-bond acceptors (Lipinski definition) is 5. The maximum absolute atomic E-state index is 13.7. The summed E-state index contributed by atoms with van der Waals surface area (Å²) in [4.78, 5) is 19.1. The van der Waals surface area contributed by atoms with Gasteiger partial charge in [0.05, 0.1) is 11.3 Å². The second-order valence-electron chi connectivity index (χ2n) is 4.99. The Morgan fingerprint density at radius 1 is 0.920 bits per heavy atom. The van der Waals surface area contributed by atoms with Gasteiger partial charge in [-0.05, 0) is 24.3 Å². The van der Waals surface area contributed by atoms with Crippen molar-refractivity contribution in [1.82, 2.24) is 9.97 Å². The highest BCUT2D eigenvalue weighted by atomic mass is 19.1. The van der Waals surface area contributed by atoms with E-state index in [-0.39, 0.29) is 22.9 Å². The van der Waals surface area contributed by atoms with E-state index in [1.54, 1.807) is 18.2 Å². The number of carbonyl (C=O) groups is 1. The van der Waals surface area contributed by atoms with Gasteiger partial charge >= 0.3 is 5.97 Å². The fourth-order valence-corrected chi connectivity index (χ4v) is 2.16. The maximum atomic E-state index is 13.7. The molecule has 1 aromatic heterocycles. The van der Waals surface area contributed by atoms with Crippen LogP contribution in [-0.2, 0) is 0 Å². The highest BCUT2D eigenvalue weighted by Gasteiger charge is 2.12. The smallest absolute Gasteiger partial charge is 0.337 e. The quantitative estimate of drug-likeness (QED) is 0.651. The number of halogens is 2. The van der Waals surface area contributed by atoms with Crippen molar-refractivity contribution in [2.45, 2.75) is 0 Å². The lowest BCUT2D eigenvalue weighted by Crippen LogP contribution is -2.04. The van der Waals surface area contributed by atoms with Crippen molar-refractivity contribution >= 4 is 29.0 Å². The standard InChI is InChI=1S/C17H12F2N4O2/c18-11-5-3-6-12(19)16(11)23-15-8-14(20-9-21-15)22-13-7-2-1-4-10(13)17(24)25/h1-9H,(H,24,25)(H2,20,21,22,23). The van der Waals surface area contributed by atoms with Crippen LogP contribution in [0.3, 0.4) is 0 Å². The number of nitrogens with zero attached hydrogens (tertiary/aromatic N) is 2. The molecule has 0 saturated heterocycles. The van der Waals surface area contributed by atoms with E-state index in [4.69, 9.17) is 0 Å². The van der Waals surface area contributed by atoms with Crippen LogP contribution in [0, 0.1) is 11.6 Å². The minimum Gasteiger partial charge on any atom is -0.478 e. The molecule has 6 nitrogen and oxygen atoms in total. The minimum absolute atomic E-state index is 0.0655. The van der Waals surface area contributed by atoms with E-state index < -0.39 is 17.6 Å².